The molecule has 3 fully saturated rings. The van der Waals surface area contributed by atoms with Crippen molar-refractivity contribution < 1.29 is 89.4 Å². The second-order valence-electron chi connectivity index (χ2n) is 21.5. The van der Waals surface area contributed by atoms with E-state index in [1.807, 2.05) is 6.08 Å². The van der Waals surface area contributed by atoms with Crippen LogP contribution in [0.2, 0.25) is 0 Å². The second kappa shape index (κ2) is 41.3. The number of hydrogen-bond acceptors (Lipinski definition) is 18. The molecule has 3 heterocycles. The zero-order chi connectivity index (χ0) is 55.5. The summed E-state index contributed by atoms with van der Waals surface area (Å²) < 4.78 is 34.2. The van der Waals surface area contributed by atoms with Crippen molar-refractivity contribution in [1.29, 1.82) is 0 Å². The molecule has 0 radical (unpaired) electrons. The molecule has 3 aliphatic rings. The molecular weight excluding hydrogens is 987 g/mol. The Labute approximate surface area is 454 Å². The van der Waals surface area contributed by atoms with E-state index in [9.17, 15) is 61.0 Å². The van der Waals surface area contributed by atoms with Crippen molar-refractivity contribution in [3.63, 3.8) is 0 Å². The maximum Gasteiger partial charge on any atom is 0.220 e. The van der Waals surface area contributed by atoms with Gasteiger partial charge in [0, 0.05) is 6.42 Å². The van der Waals surface area contributed by atoms with Gasteiger partial charge in [0.1, 0.15) is 73.2 Å². The first kappa shape index (κ1) is 68.5. The van der Waals surface area contributed by atoms with Crippen LogP contribution in [0.1, 0.15) is 200 Å². The minimum Gasteiger partial charge on any atom is -0.394 e. The fourth-order valence-corrected chi connectivity index (χ4v) is 10.1. The van der Waals surface area contributed by atoms with Gasteiger partial charge in [0.25, 0.3) is 0 Å². The highest BCUT2D eigenvalue weighted by atomic mass is 16.8. The molecule has 3 saturated heterocycles. The van der Waals surface area contributed by atoms with Crippen LogP contribution in [-0.4, -0.2) is 193 Å². The number of unbranched alkanes of at least 4 members (excludes halogenated alkanes) is 25. The van der Waals surface area contributed by atoms with Crippen LogP contribution in [0, 0.1) is 0 Å². The van der Waals surface area contributed by atoms with Crippen molar-refractivity contribution in [2.75, 3.05) is 26.4 Å². The van der Waals surface area contributed by atoms with E-state index in [0.717, 1.165) is 38.5 Å². The van der Waals surface area contributed by atoms with E-state index in [0.29, 0.717) is 12.8 Å². The number of carbonyl (C=O) groups excluding carboxylic acids is 1. The summed E-state index contributed by atoms with van der Waals surface area (Å²) in [6.45, 7) is 1.68. The first-order valence-electron chi connectivity index (χ1n) is 29.6. The average molecular weight is 1090 g/mol. The summed E-state index contributed by atoms with van der Waals surface area (Å²) in [7, 11) is 0. The molecule has 19 heteroatoms. The molecule has 0 aromatic heterocycles. The Balaban J connectivity index is 1.50. The fraction of sp³-hybridized carbons (Fsp3) is 0.912. The predicted molar refractivity (Wildman–Crippen MR) is 286 cm³/mol. The third-order valence-electron chi connectivity index (χ3n) is 15.0. The van der Waals surface area contributed by atoms with Gasteiger partial charge in [0.2, 0.25) is 5.91 Å². The van der Waals surface area contributed by atoms with Gasteiger partial charge in [-0.05, 0) is 32.1 Å². The molecule has 1 amide bonds. The van der Waals surface area contributed by atoms with Crippen molar-refractivity contribution in [2.45, 2.75) is 304 Å². The minimum atomic E-state index is -1.98. The Hall–Kier alpha value is -1.73. The van der Waals surface area contributed by atoms with Gasteiger partial charge in [0.05, 0.1) is 38.6 Å². The molecule has 0 spiro atoms. The molecule has 0 aromatic carbocycles. The van der Waals surface area contributed by atoms with Gasteiger partial charge < -0.3 is 89.9 Å². The standard InChI is InChI=1S/C57H105NO18/c1-3-5-7-9-11-13-15-17-18-19-20-21-22-23-25-27-29-31-33-35-45(63)58-40(41(62)34-32-30-28-26-24-16-14-12-10-8-6-4-2)39-71-55-51(69)48(66)53(43(37-60)73-55)76-57-52(70)49(67)54(44(38-61)74-57)75-56-50(68)47(65)46(64)42(36-59)72-56/h24,26,32,34,40-44,46-57,59-62,64-70H,3-23,25,27-31,33,35-39H2,1-2H3,(H,58,63)/b26-24+,34-32+. The molecule has 76 heavy (non-hydrogen) atoms. The number of aliphatic hydroxyl groups is 11. The summed E-state index contributed by atoms with van der Waals surface area (Å²) in [6.07, 6.45) is 14.6. The van der Waals surface area contributed by atoms with Crippen LogP contribution < -0.4 is 5.32 Å². The Morgan fingerprint density at radius 2 is 0.842 bits per heavy atom. The number of nitrogens with one attached hydrogen (secondary N) is 1. The lowest BCUT2D eigenvalue weighted by Gasteiger charge is -2.48. The van der Waals surface area contributed by atoms with E-state index in [4.69, 9.17) is 28.4 Å². The third kappa shape index (κ3) is 25.4. The second-order valence-corrected chi connectivity index (χ2v) is 21.5. The van der Waals surface area contributed by atoms with Gasteiger partial charge in [0.15, 0.2) is 18.9 Å². The maximum atomic E-state index is 13.3. The number of allylic oxidation sites excluding steroid dienone is 3. The van der Waals surface area contributed by atoms with Crippen LogP contribution in [0.5, 0.6) is 0 Å². The normalized spacial score (nSPS) is 31.1. The summed E-state index contributed by atoms with van der Waals surface area (Å²) in [5.74, 6) is -0.285. The van der Waals surface area contributed by atoms with Gasteiger partial charge in [-0.1, -0.05) is 186 Å². The SMILES string of the molecule is CCCCCCCC/C=C/CC/C=C/C(O)C(COC1OC(CO)C(OC2OC(CO)C(OC3OC(CO)C(O)C(O)C3O)C(O)C2O)C(O)C1O)NC(=O)CCCCCCCCCCCCCCCCCCCCC. The molecule has 446 valence electrons. The van der Waals surface area contributed by atoms with E-state index in [-0.39, 0.29) is 18.9 Å². The van der Waals surface area contributed by atoms with Crippen LogP contribution in [0.15, 0.2) is 24.3 Å². The molecule has 17 atom stereocenters. The Kier molecular flexibility index (Phi) is 37.2. The lowest BCUT2D eigenvalue weighted by molar-refractivity contribution is -0.379. The number of hydrogen-bond donors (Lipinski definition) is 12. The third-order valence-corrected chi connectivity index (χ3v) is 15.0. The van der Waals surface area contributed by atoms with Crippen molar-refractivity contribution in [3.05, 3.63) is 24.3 Å². The van der Waals surface area contributed by atoms with E-state index in [1.165, 1.54) is 128 Å². The molecule has 0 aromatic rings. The van der Waals surface area contributed by atoms with Gasteiger partial charge in [-0.3, -0.25) is 4.79 Å². The van der Waals surface area contributed by atoms with Gasteiger partial charge in [-0.25, -0.2) is 0 Å². The number of amides is 1. The first-order valence-corrected chi connectivity index (χ1v) is 29.6. The number of rotatable bonds is 43. The van der Waals surface area contributed by atoms with Crippen molar-refractivity contribution >= 4 is 5.91 Å². The average Bonchev–Trinajstić information content (AvgIpc) is 3.42. The zero-order valence-electron chi connectivity index (χ0n) is 46.2. The van der Waals surface area contributed by atoms with Crippen LogP contribution in [0.4, 0.5) is 0 Å². The number of ether oxygens (including phenoxy) is 6. The summed E-state index contributed by atoms with van der Waals surface area (Å²) in [4.78, 5) is 13.3. The zero-order valence-corrected chi connectivity index (χ0v) is 46.2. The summed E-state index contributed by atoms with van der Waals surface area (Å²) in [6, 6.07) is -0.984. The van der Waals surface area contributed by atoms with Crippen LogP contribution in [0.25, 0.3) is 0 Å². The predicted octanol–water partition coefficient (Wildman–Crippen LogP) is 4.76. The Bertz CT molecular complexity index is 1490. The molecular formula is C57H105NO18. The Morgan fingerprint density at radius 3 is 1.32 bits per heavy atom. The topological polar surface area (TPSA) is 307 Å². The summed E-state index contributed by atoms with van der Waals surface area (Å²) in [5, 5.41) is 120. The van der Waals surface area contributed by atoms with E-state index in [2.05, 4.69) is 31.3 Å². The van der Waals surface area contributed by atoms with Gasteiger partial charge in [-0.15, -0.1) is 0 Å². The van der Waals surface area contributed by atoms with Crippen molar-refractivity contribution in [3.8, 4) is 0 Å². The molecule has 0 saturated carbocycles. The van der Waals surface area contributed by atoms with E-state index >= 15 is 0 Å². The maximum absolute atomic E-state index is 13.3. The van der Waals surface area contributed by atoms with Crippen LogP contribution >= 0.6 is 0 Å². The van der Waals surface area contributed by atoms with Gasteiger partial charge in [-0.2, -0.15) is 0 Å². The smallest absolute Gasteiger partial charge is 0.220 e. The molecule has 3 aliphatic heterocycles. The molecule has 19 nitrogen and oxygen atoms in total. The first-order chi connectivity index (χ1) is 36.8. The molecule has 12 N–H and O–H groups in total. The fourth-order valence-electron chi connectivity index (χ4n) is 10.1. The van der Waals surface area contributed by atoms with E-state index < -0.39 is 124 Å². The lowest BCUT2D eigenvalue weighted by atomic mass is 9.96. The van der Waals surface area contributed by atoms with Crippen molar-refractivity contribution in [2.24, 2.45) is 0 Å². The Morgan fingerprint density at radius 1 is 0.461 bits per heavy atom. The molecule has 3 rings (SSSR count). The van der Waals surface area contributed by atoms with Crippen molar-refractivity contribution in [1.82, 2.24) is 5.32 Å². The minimum absolute atomic E-state index is 0.240. The highest BCUT2D eigenvalue weighted by molar-refractivity contribution is 5.76. The number of aliphatic hydroxyl groups excluding tert-OH is 11. The molecule has 0 aliphatic carbocycles. The van der Waals surface area contributed by atoms with Crippen LogP contribution in [-0.2, 0) is 33.2 Å². The monoisotopic (exact) mass is 1090 g/mol. The highest BCUT2D eigenvalue weighted by Crippen LogP contribution is 2.33. The largest absolute Gasteiger partial charge is 0.394 e. The number of carbonyl (C=O) groups is 1. The van der Waals surface area contributed by atoms with Gasteiger partial charge >= 0.3 is 0 Å². The summed E-state index contributed by atoms with van der Waals surface area (Å²) in [5.41, 5.74) is 0. The highest BCUT2D eigenvalue weighted by Gasteiger charge is 2.53. The molecule has 0 bridgehead atoms. The lowest BCUT2D eigenvalue weighted by Crippen LogP contribution is -2.66. The quantitative estimate of drug-likeness (QED) is 0.0289. The van der Waals surface area contributed by atoms with E-state index in [1.54, 1.807) is 6.08 Å². The van der Waals surface area contributed by atoms with Crippen LogP contribution in [0.3, 0.4) is 0 Å². The summed E-state index contributed by atoms with van der Waals surface area (Å²) >= 11 is 0. The molecule has 17 unspecified atom stereocenters.